The Bertz CT molecular complexity index is 244. The van der Waals surface area contributed by atoms with Gasteiger partial charge in [-0.05, 0) is 12.8 Å². The van der Waals surface area contributed by atoms with Crippen LogP contribution in [-0.4, -0.2) is 12.5 Å². The molecule has 0 heterocycles. The third-order valence-electron chi connectivity index (χ3n) is 4.29. The quantitative estimate of drug-likeness (QED) is 0.236. The predicted octanol–water partition coefficient (Wildman–Crippen LogP) is 6.32. The van der Waals surface area contributed by atoms with Crippen LogP contribution in [0.3, 0.4) is 0 Å². The predicted molar refractivity (Wildman–Crippen MR) is 99.3 cm³/mol. The van der Waals surface area contributed by atoms with Crippen LogP contribution < -0.4 is 5.48 Å². The summed E-state index contributed by atoms with van der Waals surface area (Å²) in [6.07, 6.45) is 19.6. The van der Waals surface area contributed by atoms with Gasteiger partial charge in [-0.1, -0.05) is 97.3 Å². The second kappa shape index (κ2) is 19.5. The summed E-state index contributed by atoms with van der Waals surface area (Å²) in [5.41, 5.74) is 2.57. The number of hydroxylamine groups is 1. The molecule has 0 atom stereocenters. The fourth-order valence-corrected chi connectivity index (χ4v) is 2.73. The van der Waals surface area contributed by atoms with Crippen LogP contribution in [0.15, 0.2) is 0 Å². The average Bonchev–Trinajstić information content (AvgIpc) is 2.55. The number of nitrogens with one attached hydrogen (secondary N) is 1. The molecule has 0 saturated carbocycles. The SMILES string of the molecule is CCCCCCCCCCONC(=O)CCCCCCCCC. The molecule has 3 heteroatoms. The van der Waals surface area contributed by atoms with E-state index < -0.39 is 0 Å². The highest BCUT2D eigenvalue weighted by Crippen LogP contribution is 2.09. The zero-order valence-electron chi connectivity index (χ0n) is 15.8. The molecule has 3 nitrogen and oxygen atoms in total. The van der Waals surface area contributed by atoms with Crippen molar-refractivity contribution in [2.45, 2.75) is 117 Å². The van der Waals surface area contributed by atoms with Crippen molar-refractivity contribution >= 4 is 5.91 Å². The maximum absolute atomic E-state index is 11.6. The molecule has 0 bridgehead atoms. The van der Waals surface area contributed by atoms with E-state index in [0.717, 1.165) is 19.3 Å². The van der Waals surface area contributed by atoms with E-state index in [2.05, 4.69) is 19.3 Å². The second-order valence-corrected chi connectivity index (χ2v) is 6.72. The molecule has 0 saturated heterocycles. The van der Waals surface area contributed by atoms with Crippen LogP contribution in [0.5, 0.6) is 0 Å². The molecule has 0 unspecified atom stereocenters. The highest BCUT2D eigenvalue weighted by molar-refractivity contribution is 5.74. The third kappa shape index (κ3) is 19.4. The Morgan fingerprint density at radius 3 is 1.61 bits per heavy atom. The molecule has 0 aliphatic rings. The Labute approximate surface area is 144 Å². The highest BCUT2D eigenvalue weighted by atomic mass is 16.6. The Morgan fingerprint density at radius 1 is 0.652 bits per heavy atom. The summed E-state index contributed by atoms with van der Waals surface area (Å²) in [5.74, 6) is 0.0399. The van der Waals surface area contributed by atoms with Crippen molar-refractivity contribution in [3.05, 3.63) is 0 Å². The van der Waals surface area contributed by atoms with Crippen molar-refractivity contribution in [3.63, 3.8) is 0 Å². The van der Waals surface area contributed by atoms with E-state index in [1.54, 1.807) is 0 Å². The van der Waals surface area contributed by atoms with Crippen molar-refractivity contribution in [1.29, 1.82) is 0 Å². The van der Waals surface area contributed by atoms with Gasteiger partial charge in [-0.25, -0.2) is 5.48 Å². The number of amides is 1. The van der Waals surface area contributed by atoms with Gasteiger partial charge in [0.05, 0.1) is 6.61 Å². The molecule has 0 rings (SSSR count). The van der Waals surface area contributed by atoms with Crippen molar-refractivity contribution in [3.8, 4) is 0 Å². The molecule has 0 spiro atoms. The van der Waals surface area contributed by atoms with Crippen LogP contribution in [0, 0.1) is 0 Å². The molecule has 138 valence electrons. The highest BCUT2D eigenvalue weighted by Gasteiger charge is 2.01. The summed E-state index contributed by atoms with van der Waals surface area (Å²) in [6, 6.07) is 0. The maximum Gasteiger partial charge on any atom is 0.243 e. The summed E-state index contributed by atoms with van der Waals surface area (Å²) in [5, 5.41) is 0. The van der Waals surface area contributed by atoms with Crippen LogP contribution in [0.25, 0.3) is 0 Å². The summed E-state index contributed by atoms with van der Waals surface area (Å²) >= 11 is 0. The van der Waals surface area contributed by atoms with Crippen molar-refractivity contribution < 1.29 is 9.63 Å². The first-order chi connectivity index (χ1) is 11.3. The molecule has 0 fully saturated rings. The van der Waals surface area contributed by atoms with E-state index >= 15 is 0 Å². The molecule has 0 aromatic carbocycles. The summed E-state index contributed by atoms with van der Waals surface area (Å²) < 4.78 is 0. The smallest absolute Gasteiger partial charge is 0.243 e. The van der Waals surface area contributed by atoms with Crippen molar-refractivity contribution in [2.75, 3.05) is 6.61 Å². The lowest BCUT2D eigenvalue weighted by molar-refractivity contribution is -0.133. The van der Waals surface area contributed by atoms with Gasteiger partial charge in [-0.2, -0.15) is 0 Å². The van der Waals surface area contributed by atoms with Gasteiger partial charge in [0.2, 0.25) is 5.91 Å². The lowest BCUT2D eigenvalue weighted by Crippen LogP contribution is -2.23. The lowest BCUT2D eigenvalue weighted by Gasteiger charge is -2.06. The number of unbranched alkanes of at least 4 members (excludes halogenated alkanes) is 13. The topological polar surface area (TPSA) is 38.3 Å². The first-order valence-electron chi connectivity index (χ1n) is 10.2. The summed E-state index contributed by atoms with van der Waals surface area (Å²) in [7, 11) is 0. The molecule has 23 heavy (non-hydrogen) atoms. The van der Waals surface area contributed by atoms with E-state index in [1.807, 2.05) is 0 Å². The molecule has 0 aromatic rings. The number of hydrogen-bond acceptors (Lipinski definition) is 2. The normalized spacial score (nSPS) is 10.9. The molecular weight excluding hydrogens is 286 g/mol. The van der Waals surface area contributed by atoms with Crippen LogP contribution in [0.1, 0.15) is 117 Å². The number of rotatable bonds is 18. The Morgan fingerprint density at radius 2 is 1.09 bits per heavy atom. The minimum atomic E-state index is 0.0399. The van der Waals surface area contributed by atoms with Crippen LogP contribution in [-0.2, 0) is 9.63 Å². The maximum atomic E-state index is 11.6. The lowest BCUT2D eigenvalue weighted by atomic mass is 10.1. The molecule has 1 N–H and O–H groups in total. The van der Waals surface area contributed by atoms with Crippen LogP contribution in [0.4, 0.5) is 0 Å². The standard InChI is InChI=1S/C20H41NO2/c1-3-5-7-9-11-13-15-17-19-23-21-20(22)18-16-14-12-10-8-6-4-2/h3-19H2,1-2H3,(H,21,22). The summed E-state index contributed by atoms with van der Waals surface area (Å²) in [6.45, 7) is 5.13. The van der Waals surface area contributed by atoms with Gasteiger partial charge in [0, 0.05) is 6.42 Å². The fourth-order valence-electron chi connectivity index (χ4n) is 2.73. The Hall–Kier alpha value is -0.570. The largest absolute Gasteiger partial charge is 0.274 e. The minimum Gasteiger partial charge on any atom is -0.274 e. The van der Waals surface area contributed by atoms with Gasteiger partial charge in [0.1, 0.15) is 0 Å². The van der Waals surface area contributed by atoms with E-state index in [1.165, 1.54) is 77.0 Å². The van der Waals surface area contributed by atoms with Crippen molar-refractivity contribution in [1.82, 2.24) is 5.48 Å². The Balaban J connectivity index is 3.13. The monoisotopic (exact) mass is 327 g/mol. The first-order valence-corrected chi connectivity index (χ1v) is 10.2. The third-order valence-corrected chi connectivity index (χ3v) is 4.29. The van der Waals surface area contributed by atoms with Gasteiger partial charge in [0.25, 0.3) is 0 Å². The number of carbonyl (C=O) groups is 1. The first kappa shape index (κ1) is 22.4. The van der Waals surface area contributed by atoms with E-state index in [4.69, 9.17) is 4.84 Å². The summed E-state index contributed by atoms with van der Waals surface area (Å²) in [4.78, 5) is 16.8. The average molecular weight is 328 g/mol. The molecule has 0 aliphatic carbocycles. The van der Waals surface area contributed by atoms with Gasteiger partial charge >= 0.3 is 0 Å². The molecular formula is C20H41NO2. The van der Waals surface area contributed by atoms with Gasteiger partial charge in [-0.3, -0.25) is 9.63 Å². The zero-order chi connectivity index (χ0) is 17.0. The van der Waals surface area contributed by atoms with Crippen LogP contribution >= 0.6 is 0 Å². The van der Waals surface area contributed by atoms with Gasteiger partial charge < -0.3 is 0 Å². The van der Waals surface area contributed by atoms with Gasteiger partial charge in [0.15, 0.2) is 0 Å². The second-order valence-electron chi connectivity index (χ2n) is 6.72. The van der Waals surface area contributed by atoms with Gasteiger partial charge in [-0.15, -0.1) is 0 Å². The molecule has 1 amide bonds. The zero-order valence-corrected chi connectivity index (χ0v) is 15.8. The van der Waals surface area contributed by atoms with Crippen molar-refractivity contribution in [2.24, 2.45) is 0 Å². The molecule has 0 radical (unpaired) electrons. The number of carbonyl (C=O) groups excluding carboxylic acids is 1. The minimum absolute atomic E-state index is 0.0399. The van der Waals surface area contributed by atoms with Crippen LogP contribution in [0.2, 0.25) is 0 Å². The fraction of sp³-hybridized carbons (Fsp3) is 0.950. The van der Waals surface area contributed by atoms with E-state index in [-0.39, 0.29) is 5.91 Å². The number of hydrogen-bond donors (Lipinski definition) is 1. The molecule has 0 aromatic heterocycles. The molecule has 0 aliphatic heterocycles. The van der Waals surface area contributed by atoms with E-state index in [0.29, 0.717) is 13.0 Å². The Kier molecular flexibility index (Phi) is 19.0. The van der Waals surface area contributed by atoms with E-state index in [9.17, 15) is 4.79 Å².